The van der Waals surface area contributed by atoms with Crippen LogP contribution >= 0.6 is 0 Å². The highest BCUT2D eigenvalue weighted by molar-refractivity contribution is 5.84. The molecule has 1 aromatic carbocycles. The van der Waals surface area contributed by atoms with Crippen LogP contribution in [0, 0.1) is 6.92 Å². The van der Waals surface area contributed by atoms with Crippen molar-refractivity contribution in [3.63, 3.8) is 0 Å². The maximum atomic E-state index is 5.44. The molecule has 1 aliphatic heterocycles. The second-order valence-electron chi connectivity index (χ2n) is 7.17. The van der Waals surface area contributed by atoms with Crippen LogP contribution in [0.15, 0.2) is 29.3 Å². The van der Waals surface area contributed by atoms with Gasteiger partial charge in [-0.15, -0.1) is 0 Å². The molecule has 1 unspecified atom stereocenters. The van der Waals surface area contributed by atoms with Crippen molar-refractivity contribution in [2.75, 3.05) is 45.9 Å². The molecule has 1 aliphatic rings. The molecule has 0 amide bonds. The minimum atomic E-state index is 0.431. The molecule has 6 heteroatoms. The van der Waals surface area contributed by atoms with E-state index in [9.17, 15) is 0 Å². The summed E-state index contributed by atoms with van der Waals surface area (Å²) in [6, 6.07) is 8.94. The molecule has 0 aliphatic carbocycles. The fourth-order valence-corrected chi connectivity index (χ4v) is 3.66. The molecule has 0 radical (unpaired) electrons. The van der Waals surface area contributed by atoms with Gasteiger partial charge in [-0.1, -0.05) is 18.2 Å². The Morgan fingerprint density at radius 3 is 2.81 bits per heavy atom. The zero-order chi connectivity index (χ0) is 19.1. The highest BCUT2D eigenvalue weighted by atomic mass is 16.5. The smallest absolute Gasteiger partial charge is 0.191 e. The van der Waals surface area contributed by atoms with Gasteiger partial charge in [0.25, 0.3) is 0 Å². The minimum Gasteiger partial charge on any atom is -0.379 e. The fraction of sp³-hybridized carbons (Fsp3) is 0.571. The third-order valence-electron chi connectivity index (χ3n) is 5.22. The number of aryl methyl sites for hydroxylation is 1. The minimum absolute atomic E-state index is 0.431. The summed E-state index contributed by atoms with van der Waals surface area (Å²) < 4.78 is 5.44. The van der Waals surface area contributed by atoms with Gasteiger partial charge in [0.1, 0.15) is 0 Å². The summed E-state index contributed by atoms with van der Waals surface area (Å²) in [5.74, 6) is 0.898. The number of H-pyrrole nitrogens is 1. The molecule has 0 bridgehead atoms. The van der Waals surface area contributed by atoms with Crippen LogP contribution in [0.4, 0.5) is 0 Å². The van der Waals surface area contributed by atoms with Crippen molar-refractivity contribution in [1.29, 1.82) is 0 Å². The molecular weight excluding hydrogens is 338 g/mol. The zero-order valence-corrected chi connectivity index (χ0v) is 16.8. The van der Waals surface area contributed by atoms with E-state index in [2.05, 4.69) is 65.6 Å². The summed E-state index contributed by atoms with van der Waals surface area (Å²) in [6.07, 6.45) is 0.972. The molecule has 1 aromatic heterocycles. The quantitative estimate of drug-likeness (QED) is 0.516. The van der Waals surface area contributed by atoms with E-state index in [0.717, 1.165) is 58.3 Å². The lowest BCUT2D eigenvalue weighted by atomic mass is 10.1. The molecule has 2 heterocycles. The Morgan fingerprint density at radius 1 is 1.26 bits per heavy atom. The molecular formula is C21H33N5O. The van der Waals surface area contributed by atoms with Gasteiger partial charge in [-0.25, -0.2) is 0 Å². The van der Waals surface area contributed by atoms with Crippen molar-refractivity contribution in [3.8, 4) is 0 Å². The van der Waals surface area contributed by atoms with E-state index >= 15 is 0 Å². The lowest BCUT2D eigenvalue weighted by Gasteiger charge is -2.31. The van der Waals surface area contributed by atoms with E-state index in [1.165, 1.54) is 22.2 Å². The Labute approximate surface area is 162 Å². The normalized spacial score (nSPS) is 17.2. The molecule has 2 aromatic rings. The van der Waals surface area contributed by atoms with Crippen LogP contribution in [0.5, 0.6) is 0 Å². The monoisotopic (exact) mass is 371 g/mol. The van der Waals surface area contributed by atoms with E-state index in [0.29, 0.717) is 6.04 Å². The van der Waals surface area contributed by atoms with Crippen molar-refractivity contribution < 1.29 is 4.74 Å². The largest absolute Gasteiger partial charge is 0.379 e. The molecule has 1 atom stereocenters. The second kappa shape index (κ2) is 9.76. The van der Waals surface area contributed by atoms with Crippen molar-refractivity contribution in [3.05, 3.63) is 35.5 Å². The average Bonchev–Trinajstić information content (AvgIpc) is 3.02. The standard InChI is InChI=1S/C21H33N5O/c1-4-22-21(24-15-16(2)26-11-13-27-14-12-26)23-10-9-18-17(3)25-20-8-6-5-7-19(18)20/h5-8,16,25H,4,9-15H2,1-3H3,(H2,22,23,24). The predicted octanol–water partition coefficient (Wildman–Crippen LogP) is 2.29. The van der Waals surface area contributed by atoms with Gasteiger partial charge < -0.3 is 20.4 Å². The number of hydrogen-bond donors (Lipinski definition) is 3. The molecule has 0 saturated carbocycles. The summed E-state index contributed by atoms with van der Waals surface area (Å²) in [6.45, 7) is 12.7. The average molecular weight is 372 g/mol. The SMILES string of the molecule is CCNC(=NCC(C)N1CCOCC1)NCCc1c(C)[nH]c2ccccc12. The molecule has 1 fully saturated rings. The number of benzene rings is 1. The number of aromatic amines is 1. The summed E-state index contributed by atoms with van der Waals surface area (Å²) in [5, 5.41) is 8.17. The van der Waals surface area contributed by atoms with Gasteiger partial charge in [0, 0.05) is 48.8 Å². The van der Waals surface area contributed by atoms with E-state index in [1.807, 2.05) is 0 Å². The van der Waals surface area contributed by atoms with Gasteiger partial charge in [0.2, 0.25) is 0 Å². The molecule has 27 heavy (non-hydrogen) atoms. The summed E-state index contributed by atoms with van der Waals surface area (Å²) in [7, 11) is 0. The molecule has 6 nitrogen and oxygen atoms in total. The second-order valence-corrected chi connectivity index (χ2v) is 7.17. The molecule has 1 saturated heterocycles. The van der Waals surface area contributed by atoms with E-state index in [4.69, 9.17) is 9.73 Å². The highest BCUT2D eigenvalue weighted by Crippen LogP contribution is 2.21. The van der Waals surface area contributed by atoms with Gasteiger partial charge in [-0.2, -0.15) is 0 Å². The zero-order valence-electron chi connectivity index (χ0n) is 16.8. The molecule has 0 spiro atoms. The molecule has 3 N–H and O–H groups in total. The van der Waals surface area contributed by atoms with E-state index in [-0.39, 0.29) is 0 Å². The van der Waals surface area contributed by atoms with Crippen LogP contribution in [-0.4, -0.2) is 67.8 Å². The van der Waals surface area contributed by atoms with Crippen molar-refractivity contribution in [2.45, 2.75) is 33.2 Å². The first-order chi connectivity index (χ1) is 13.2. The van der Waals surface area contributed by atoms with Gasteiger partial charge in [0.05, 0.1) is 19.8 Å². The van der Waals surface area contributed by atoms with Crippen LogP contribution in [0.2, 0.25) is 0 Å². The van der Waals surface area contributed by atoms with E-state index < -0.39 is 0 Å². The lowest BCUT2D eigenvalue weighted by molar-refractivity contribution is 0.0220. The first-order valence-electron chi connectivity index (χ1n) is 10.1. The van der Waals surface area contributed by atoms with Crippen LogP contribution in [-0.2, 0) is 11.2 Å². The maximum absolute atomic E-state index is 5.44. The molecule has 3 rings (SSSR count). The van der Waals surface area contributed by atoms with Crippen molar-refractivity contribution >= 4 is 16.9 Å². The third kappa shape index (κ3) is 5.23. The Kier molecular flexibility index (Phi) is 7.12. The van der Waals surface area contributed by atoms with Crippen molar-refractivity contribution in [2.24, 2.45) is 4.99 Å². The van der Waals surface area contributed by atoms with Gasteiger partial charge >= 0.3 is 0 Å². The molecule has 148 valence electrons. The van der Waals surface area contributed by atoms with E-state index in [1.54, 1.807) is 0 Å². The highest BCUT2D eigenvalue weighted by Gasteiger charge is 2.16. The summed E-state index contributed by atoms with van der Waals surface area (Å²) in [4.78, 5) is 10.7. The van der Waals surface area contributed by atoms with Crippen molar-refractivity contribution in [1.82, 2.24) is 20.5 Å². The first kappa shape index (κ1) is 19.7. The number of morpholine rings is 1. The first-order valence-corrected chi connectivity index (χ1v) is 10.1. The summed E-state index contributed by atoms with van der Waals surface area (Å²) in [5.41, 5.74) is 3.85. The number of aromatic nitrogens is 1. The van der Waals surface area contributed by atoms with Crippen LogP contribution in [0.25, 0.3) is 10.9 Å². The van der Waals surface area contributed by atoms with Gasteiger partial charge in [-0.05, 0) is 38.8 Å². The number of rotatable bonds is 7. The third-order valence-corrected chi connectivity index (χ3v) is 5.22. The Morgan fingerprint density at radius 2 is 2.04 bits per heavy atom. The lowest BCUT2D eigenvalue weighted by Crippen LogP contribution is -2.44. The van der Waals surface area contributed by atoms with Crippen LogP contribution in [0.1, 0.15) is 25.1 Å². The number of nitrogens with one attached hydrogen (secondary N) is 3. The number of ether oxygens (including phenoxy) is 1. The fourth-order valence-electron chi connectivity index (χ4n) is 3.66. The number of hydrogen-bond acceptors (Lipinski definition) is 3. The number of aliphatic imine (C=N–C) groups is 1. The summed E-state index contributed by atoms with van der Waals surface area (Å²) >= 11 is 0. The van der Waals surface area contributed by atoms with Crippen LogP contribution in [0.3, 0.4) is 0 Å². The Bertz CT molecular complexity index is 748. The Hall–Kier alpha value is -2.05. The maximum Gasteiger partial charge on any atom is 0.191 e. The predicted molar refractivity (Wildman–Crippen MR) is 113 cm³/mol. The number of fused-ring (bicyclic) bond motifs is 1. The number of nitrogens with zero attached hydrogens (tertiary/aromatic N) is 2. The Balaban J connectivity index is 1.55. The van der Waals surface area contributed by atoms with Gasteiger partial charge in [0.15, 0.2) is 5.96 Å². The van der Waals surface area contributed by atoms with Crippen LogP contribution < -0.4 is 10.6 Å². The topological polar surface area (TPSA) is 64.7 Å². The number of guanidine groups is 1. The van der Waals surface area contributed by atoms with Gasteiger partial charge in [-0.3, -0.25) is 9.89 Å². The number of para-hydroxylation sites is 1.